The smallest absolute Gasteiger partial charge is 0.256 e. The topological polar surface area (TPSA) is 309 Å². The first-order valence-electron chi connectivity index (χ1n) is 15.8. The van der Waals surface area contributed by atoms with E-state index in [-0.39, 0.29) is 68.1 Å². The molecule has 0 heterocycles. The van der Waals surface area contributed by atoms with E-state index >= 15 is 0 Å². The number of anilines is 2. The van der Waals surface area contributed by atoms with Crippen LogP contribution in [0.25, 0.3) is 0 Å². The number of nitrogens with zero attached hydrogens (tertiary/aromatic N) is 4. The van der Waals surface area contributed by atoms with Crippen molar-refractivity contribution in [1.29, 1.82) is 0 Å². The largest absolute Gasteiger partial charge is 0.395 e. The van der Waals surface area contributed by atoms with E-state index in [4.69, 9.17) is 11.5 Å². The van der Waals surface area contributed by atoms with Crippen LogP contribution in [0.3, 0.4) is 0 Å². The Balaban J connectivity index is 2.78. The average molecular weight is 1460 g/mol. The van der Waals surface area contributed by atoms with E-state index in [1.165, 1.54) is 0 Å². The third kappa shape index (κ3) is 11.4. The maximum atomic E-state index is 14.0. The molecule has 0 aliphatic rings. The SMILES string of the molecule is NC(=O)c1c(I)c(C(=O)N(CCO)C(CO)CO)c(I)c(N(C=O)CC(O)CN(C=O)c2c(I)c(C(N)=O)c(I)c(C(=O)N(CCO)C(CO)CO)c2I)c1I. The zero-order chi connectivity index (χ0) is 42.8. The fraction of sp³-hybridized carbons (Fsp3) is 0.419. The summed E-state index contributed by atoms with van der Waals surface area (Å²) in [6, 6.07) is -2.28. The summed E-state index contributed by atoms with van der Waals surface area (Å²) in [5.74, 6) is -3.59. The quantitative estimate of drug-likeness (QED) is 0.0510. The first-order valence-corrected chi connectivity index (χ1v) is 22.3. The Kier molecular flexibility index (Phi) is 22.0. The summed E-state index contributed by atoms with van der Waals surface area (Å²) >= 11 is 10.5. The van der Waals surface area contributed by atoms with Crippen LogP contribution in [0.15, 0.2) is 0 Å². The number of hydrogen-bond acceptors (Lipinski definition) is 13. The Hall–Kier alpha value is -0.640. The molecule has 25 heteroatoms. The standard InChI is InChI=1S/C31H36I6N6O13/c32-20-16(28(38)53)22(34)26(24(36)18(20)30(55)42(1-3-44)13(7-46)8-47)40(11-50)5-15(52)6-41(12-51)27-23(35)17(29(39)54)21(33)19(25(27)37)31(56)43(2-4-45)14(9-48)10-49/h11-15,44-49,52H,1-10H2,(H2,38,53)(H2,39,54). The van der Waals surface area contributed by atoms with Crippen LogP contribution in [0.4, 0.5) is 11.4 Å². The fourth-order valence-electron chi connectivity index (χ4n) is 5.41. The van der Waals surface area contributed by atoms with Gasteiger partial charge in [-0.15, -0.1) is 0 Å². The number of aliphatic hydroxyl groups excluding tert-OH is 7. The van der Waals surface area contributed by atoms with Crippen molar-refractivity contribution in [2.45, 2.75) is 18.2 Å². The summed E-state index contributed by atoms with van der Waals surface area (Å²) in [7, 11) is 0. The van der Waals surface area contributed by atoms with Gasteiger partial charge >= 0.3 is 0 Å². The highest BCUT2D eigenvalue weighted by molar-refractivity contribution is 14.1. The molecule has 0 unspecified atom stereocenters. The van der Waals surface area contributed by atoms with E-state index in [9.17, 15) is 64.5 Å². The van der Waals surface area contributed by atoms with Crippen LogP contribution < -0.4 is 21.3 Å². The molecule has 0 radical (unpaired) electrons. The molecule has 310 valence electrons. The van der Waals surface area contributed by atoms with Crippen LogP contribution >= 0.6 is 136 Å². The lowest BCUT2D eigenvalue weighted by Gasteiger charge is -2.32. The summed E-state index contributed by atoms with van der Waals surface area (Å²) in [6.07, 6.45) is -0.970. The summed E-state index contributed by atoms with van der Waals surface area (Å²) in [6.45, 7) is -5.52. The van der Waals surface area contributed by atoms with Crippen LogP contribution in [0.2, 0.25) is 0 Å². The van der Waals surface area contributed by atoms with Gasteiger partial charge in [0, 0.05) is 20.2 Å². The molecule has 0 fully saturated rings. The number of hydrogen-bond donors (Lipinski definition) is 9. The molecule has 0 aliphatic heterocycles. The summed E-state index contributed by atoms with van der Waals surface area (Å²) in [5.41, 5.74) is 10.8. The number of nitrogens with two attached hydrogens (primary N) is 2. The Labute approximate surface area is 401 Å². The number of primary amides is 2. The molecule has 0 saturated carbocycles. The van der Waals surface area contributed by atoms with Gasteiger partial charge in [-0.2, -0.15) is 0 Å². The first kappa shape index (κ1) is 51.5. The van der Waals surface area contributed by atoms with Crippen LogP contribution in [0, 0.1) is 21.4 Å². The monoisotopic (exact) mass is 1460 g/mol. The van der Waals surface area contributed by atoms with Gasteiger partial charge in [-0.3, -0.25) is 28.8 Å². The van der Waals surface area contributed by atoms with Gasteiger partial charge in [-0.05, 0) is 136 Å². The van der Waals surface area contributed by atoms with Gasteiger partial charge in [0.1, 0.15) is 0 Å². The fourth-order valence-corrected chi connectivity index (χ4v) is 15.0. The van der Waals surface area contributed by atoms with Gasteiger partial charge in [-0.1, -0.05) is 0 Å². The van der Waals surface area contributed by atoms with Crippen molar-refractivity contribution >= 4 is 183 Å². The predicted molar refractivity (Wildman–Crippen MR) is 251 cm³/mol. The lowest BCUT2D eigenvalue weighted by Crippen LogP contribution is -2.47. The number of rotatable bonds is 22. The van der Waals surface area contributed by atoms with Crippen LogP contribution in [-0.4, -0.2) is 166 Å². The van der Waals surface area contributed by atoms with Crippen molar-refractivity contribution in [2.24, 2.45) is 11.5 Å². The third-order valence-corrected chi connectivity index (χ3v) is 14.4. The number of carbonyl (C=O) groups is 6. The minimum atomic E-state index is -1.59. The van der Waals surface area contributed by atoms with Crippen LogP contribution in [-0.2, 0) is 9.59 Å². The highest BCUT2D eigenvalue weighted by atomic mass is 127. The second-order valence-electron chi connectivity index (χ2n) is 11.5. The van der Waals surface area contributed by atoms with Crippen molar-refractivity contribution in [3.8, 4) is 0 Å². The maximum absolute atomic E-state index is 14.0. The number of benzene rings is 2. The average Bonchev–Trinajstić information content (AvgIpc) is 3.13. The van der Waals surface area contributed by atoms with Crippen LogP contribution in [0.1, 0.15) is 41.4 Å². The predicted octanol–water partition coefficient (Wildman–Crippen LogP) is -0.926. The van der Waals surface area contributed by atoms with Crippen molar-refractivity contribution in [3.05, 3.63) is 43.7 Å². The van der Waals surface area contributed by atoms with Crippen molar-refractivity contribution < 1.29 is 64.5 Å². The minimum Gasteiger partial charge on any atom is -0.395 e. The molecule has 56 heavy (non-hydrogen) atoms. The molecular formula is C31H36I6N6O13. The minimum absolute atomic E-state index is 0.0300. The number of amides is 6. The van der Waals surface area contributed by atoms with Gasteiger partial charge < -0.3 is 66.8 Å². The molecule has 6 amide bonds. The molecule has 0 bridgehead atoms. The second kappa shape index (κ2) is 24.0. The number of carbonyl (C=O) groups excluding carboxylic acids is 6. The van der Waals surface area contributed by atoms with Gasteiger partial charge in [0.05, 0.1) is 119 Å². The summed E-state index contributed by atoms with van der Waals surface area (Å²) in [4.78, 5) is 82.8. The van der Waals surface area contributed by atoms with E-state index in [2.05, 4.69) is 0 Å². The zero-order valence-corrected chi connectivity index (χ0v) is 41.7. The van der Waals surface area contributed by atoms with E-state index in [0.29, 0.717) is 12.8 Å². The van der Waals surface area contributed by atoms with E-state index < -0.39 is 94.5 Å². The normalized spacial score (nSPS) is 11.3. The molecule has 2 aromatic rings. The second-order valence-corrected chi connectivity index (χ2v) is 17.9. The number of aliphatic hydroxyl groups is 7. The maximum Gasteiger partial charge on any atom is 0.256 e. The highest BCUT2D eigenvalue weighted by Crippen LogP contribution is 2.40. The summed E-state index contributed by atoms with van der Waals surface area (Å²) < 4.78 is 0.595. The first-order chi connectivity index (χ1) is 26.4. The van der Waals surface area contributed by atoms with Gasteiger partial charge in [0.15, 0.2) is 0 Å². The molecule has 0 atom stereocenters. The Morgan fingerprint density at radius 3 is 1.05 bits per heavy atom. The zero-order valence-electron chi connectivity index (χ0n) is 28.7. The lowest BCUT2D eigenvalue weighted by molar-refractivity contribution is -0.108. The molecule has 0 aromatic heterocycles. The molecule has 2 rings (SSSR count). The molecular weight excluding hydrogens is 1430 g/mol. The third-order valence-electron chi connectivity index (χ3n) is 8.08. The van der Waals surface area contributed by atoms with Gasteiger partial charge in [0.2, 0.25) is 12.8 Å². The molecule has 0 aliphatic carbocycles. The molecule has 0 spiro atoms. The Morgan fingerprint density at radius 1 is 0.536 bits per heavy atom. The van der Waals surface area contributed by atoms with E-state index in [0.717, 1.165) is 19.6 Å². The molecule has 0 saturated heterocycles. The van der Waals surface area contributed by atoms with Crippen molar-refractivity contribution in [3.63, 3.8) is 0 Å². The summed E-state index contributed by atoms with van der Waals surface area (Å²) in [5, 5.41) is 70.0. The van der Waals surface area contributed by atoms with Crippen LogP contribution in [0.5, 0.6) is 0 Å². The molecule has 19 nitrogen and oxygen atoms in total. The van der Waals surface area contributed by atoms with Crippen molar-refractivity contribution in [2.75, 3.05) is 75.6 Å². The van der Waals surface area contributed by atoms with Crippen molar-refractivity contribution in [1.82, 2.24) is 9.80 Å². The molecule has 2 aromatic carbocycles. The van der Waals surface area contributed by atoms with E-state index in [1.807, 2.05) is 0 Å². The van der Waals surface area contributed by atoms with Gasteiger partial charge in [-0.25, -0.2) is 0 Å². The van der Waals surface area contributed by atoms with Gasteiger partial charge in [0.25, 0.3) is 23.6 Å². The number of halogens is 6. The Bertz CT molecular complexity index is 1690. The highest BCUT2D eigenvalue weighted by Gasteiger charge is 2.36. The van der Waals surface area contributed by atoms with E-state index in [1.54, 1.807) is 136 Å². The molecule has 11 N–H and O–H groups in total. The lowest BCUT2D eigenvalue weighted by atomic mass is 10.0. The Morgan fingerprint density at radius 2 is 0.821 bits per heavy atom.